The van der Waals surface area contributed by atoms with Crippen molar-refractivity contribution in [3.8, 4) is 0 Å². The summed E-state index contributed by atoms with van der Waals surface area (Å²) in [6.07, 6.45) is 2.08. The van der Waals surface area contributed by atoms with Gasteiger partial charge in [0, 0.05) is 17.8 Å². The van der Waals surface area contributed by atoms with E-state index in [4.69, 9.17) is 4.74 Å². The van der Waals surface area contributed by atoms with Gasteiger partial charge in [-0.15, -0.1) is 0 Å². The van der Waals surface area contributed by atoms with Crippen LogP contribution in [0.5, 0.6) is 0 Å². The molecule has 1 aromatic carbocycles. The Labute approximate surface area is 107 Å². The van der Waals surface area contributed by atoms with Crippen molar-refractivity contribution in [3.05, 3.63) is 42.0 Å². The molecule has 0 radical (unpaired) electrons. The molecule has 0 aliphatic carbocycles. The number of carbonyl (C=O) groups is 2. The van der Waals surface area contributed by atoms with E-state index in [0.717, 1.165) is 17.7 Å². The van der Waals surface area contributed by atoms with Crippen LogP contribution in [-0.4, -0.2) is 18.0 Å². The Morgan fingerprint density at radius 1 is 1.17 bits per heavy atom. The minimum absolute atomic E-state index is 0.192. The molecule has 1 N–H and O–H groups in total. The summed E-state index contributed by atoms with van der Waals surface area (Å²) in [5.74, 6) is -0.886. The van der Waals surface area contributed by atoms with Crippen LogP contribution in [0.2, 0.25) is 0 Å². The third-order valence-corrected chi connectivity index (χ3v) is 2.04. The molecule has 0 saturated carbocycles. The number of hydrogen-bond donors (Lipinski definition) is 1. The van der Waals surface area contributed by atoms with E-state index in [1.165, 1.54) is 0 Å². The van der Waals surface area contributed by atoms with Crippen LogP contribution in [0.15, 0.2) is 36.4 Å². The van der Waals surface area contributed by atoms with Crippen LogP contribution in [0.3, 0.4) is 0 Å². The van der Waals surface area contributed by atoms with Gasteiger partial charge in [0.15, 0.2) is 0 Å². The summed E-state index contributed by atoms with van der Waals surface area (Å²) >= 11 is 0. The fourth-order valence-corrected chi connectivity index (χ4v) is 1.24. The third kappa shape index (κ3) is 5.30. The second-order valence-corrected chi connectivity index (χ2v) is 4.17. The lowest BCUT2D eigenvalue weighted by molar-refractivity contribution is -0.141. The fraction of sp³-hybridized carbons (Fsp3) is 0.286. The van der Waals surface area contributed by atoms with Crippen LogP contribution in [-0.2, 0) is 14.3 Å². The number of hydrogen-bond acceptors (Lipinski definition) is 3. The molecule has 0 aliphatic rings. The maximum absolute atomic E-state index is 11.5. The van der Waals surface area contributed by atoms with Crippen molar-refractivity contribution in [2.75, 3.05) is 5.32 Å². The van der Waals surface area contributed by atoms with Crippen LogP contribution in [0.25, 0.3) is 0 Å². The molecule has 18 heavy (non-hydrogen) atoms. The molecular weight excluding hydrogens is 230 g/mol. The molecule has 0 heterocycles. The Morgan fingerprint density at radius 3 is 2.33 bits per heavy atom. The number of carbonyl (C=O) groups excluding carboxylic acids is 2. The number of anilines is 1. The molecule has 0 aromatic heterocycles. The molecule has 1 aromatic rings. The molecule has 4 heteroatoms. The van der Waals surface area contributed by atoms with Crippen molar-refractivity contribution in [2.24, 2.45) is 0 Å². The quantitative estimate of drug-likeness (QED) is 0.656. The number of esters is 1. The molecule has 4 nitrogen and oxygen atoms in total. The van der Waals surface area contributed by atoms with Crippen molar-refractivity contribution in [3.63, 3.8) is 0 Å². The van der Waals surface area contributed by atoms with Gasteiger partial charge in [-0.3, -0.25) is 4.79 Å². The summed E-state index contributed by atoms with van der Waals surface area (Å²) in [5, 5.41) is 2.64. The van der Waals surface area contributed by atoms with Gasteiger partial charge >= 0.3 is 5.97 Å². The van der Waals surface area contributed by atoms with Gasteiger partial charge in [-0.2, -0.15) is 0 Å². The second kappa shape index (κ2) is 6.59. The summed E-state index contributed by atoms with van der Waals surface area (Å²) in [4.78, 5) is 22.6. The zero-order chi connectivity index (χ0) is 13.5. The van der Waals surface area contributed by atoms with Crippen LogP contribution in [0.1, 0.15) is 19.4 Å². The summed E-state index contributed by atoms with van der Waals surface area (Å²) in [7, 11) is 0. The summed E-state index contributed by atoms with van der Waals surface area (Å²) in [6.45, 7) is 5.46. The van der Waals surface area contributed by atoms with Gasteiger partial charge in [0.25, 0.3) is 0 Å². The van der Waals surface area contributed by atoms with E-state index in [-0.39, 0.29) is 12.0 Å². The molecule has 0 spiro atoms. The predicted octanol–water partition coefficient (Wildman–Crippen LogP) is 2.44. The zero-order valence-corrected chi connectivity index (χ0v) is 10.8. The topological polar surface area (TPSA) is 55.4 Å². The van der Waals surface area contributed by atoms with Crippen molar-refractivity contribution in [1.82, 2.24) is 0 Å². The number of nitrogens with one attached hydrogen (secondary N) is 1. The lowest BCUT2D eigenvalue weighted by Crippen LogP contribution is -2.11. The average Bonchev–Trinajstić information content (AvgIpc) is 2.29. The average molecular weight is 247 g/mol. The van der Waals surface area contributed by atoms with Gasteiger partial charge in [0.1, 0.15) is 0 Å². The second-order valence-electron chi connectivity index (χ2n) is 4.17. The Kier molecular flexibility index (Phi) is 5.11. The first-order valence-electron chi connectivity index (χ1n) is 5.73. The molecular formula is C14H17NO3. The molecule has 1 amide bonds. The number of aryl methyl sites for hydroxylation is 1. The van der Waals surface area contributed by atoms with E-state index in [2.05, 4.69) is 5.32 Å². The number of benzene rings is 1. The van der Waals surface area contributed by atoms with Gasteiger partial charge < -0.3 is 10.1 Å². The van der Waals surface area contributed by atoms with Gasteiger partial charge in [0.2, 0.25) is 5.91 Å². The zero-order valence-electron chi connectivity index (χ0n) is 10.8. The Balaban J connectivity index is 2.49. The highest BCUT2D eigenvalue weighted by atomic mass is 16.5. The lowest BCUT2D eigenvalue weighted by atomic mass is 10.2. The molecule has 96 valence electrons. The highest BCUT2D eigenvalue weighted by Crippen LogP contribution is 2.08. The van der Waals surface area contributed by atoms with Crippen LogP contribution in [0, 0.1) is 6.92 Å². The third-order valence-electron chi connectivity index (χ3n) is 2.04. The van der Waals surface area contributed by atoms with Gasteiger partial charge in [-0.1, -0.05) is 17.7 Å². The molecule has 0 atom stereocenters. The standard InChI is InChI=1S/C14H17NO3/c1-10(2)18-14(17)9-8-13(16)15-12-6-4-11(3)5-7-12/h4-10H,1-3H3,(H,15,16)/b9-8-. The SMILES string of the molecule is Cc1ccc(NC(=O)/C=C\C(=O)OC(C)C)cc1. The molecule has 0 aliphatic heterocycles. The summed E-state index contributed by atoms with van der Waals surface area (Å²) in [5.41, 5.74) is 1.80. The number of rotatable bonds is 4. The van der Waals surface area contributed by atoms with E-state index in [9.17, 15) is 9.59 Å². The molecule has 0 fully saturated rings. The maximum atomic E-state index is 11.5. The van der Waals surface area contributed by atoms with Crippen molar-refractivity contribution >= 4 is 17.6 Å². The summed E-state index contributed by atoms with van der Waals surface area (Å²) in [6, 6.07) is 7.39. The highest BCUT2D eigenvalue weighted by molar-refractivity contribution is 6.02. The monoisotopic (exact) mass is 247 g/mol. The number of ether oxygens (including phenoxy) is 1. The smallest absolute Gasteiger partial charge is 0.331 e. The first-order chi connectivity index (χ1) is 8.47. The van der Waals surface area contributed by atoms with E-state index in [1.807, 2.05) is 19.1 Å². The van der Waals surface area contributed by atoms with Crippen LogP contribution < -0.4 is 5.32 Å². The Morgan fingerprint density at radius 2 is 1.78 bits per heavy atom. The minimum atomic E-state index is -0.524. The van der Waals surface area contributed by atoms with E-state index < -0.39 is 5.97 Å². The molecule has 0 bridgehead atoms. The van der Waals surface area contributed by atoms with Crippen LogP contribution >= 0.6 is 0 Å². The fourth-order valence-electron chi connectivity index (χ4n) is 1.24. The molecule has 1 rings (SSSR count). The van der Waals surface area contributed by atoms with Crippen molar-refractivity contribution < 1.29 is 14.3 Å². The van der Waals surface area contributed by atoms with E-state index in [1.54, 1.807) is 26.0 Å². The maximum Gasteiger partial charge on any atom is 0.331 e. The first kappa shape index (κ1) is 14.0. The van der Waals surface area contributed by atoms with E-state index >= 15 is 0 Å². The summed E-state index contributed by atoms with van der Waals surface area (Å²) < 4.78 is 4.86. The Bertz CT molecular complexity index is 447. The normalized spacial score (nSPS) is 10.7. The lowest BCUT2D eigenvalue weighted by Gasteiger charge is -2.04. The highest BCUT2D eigenvalue weighted by Gasteiger charge is 2.02. The predicted molar refractivity (Wildman–Crippen MR) is 70.2 cm³/mol. The molecule has 0 unspecified atom stereocenters. The van der Waals surface area contributed by atoms with Gasteiger partial charge in [-0.25, -0.2) is 4.79 Å². The van der Waals surface area contributed by atoms with Gasteiger partial charge in [-0.05, 0) is 32.9 Å². The number of amides is 1. The Hall–Kier alpha value is -2.10. The minimum Gasteiger partial charge on any atom is -0.460 e. The van der Waals surface area contributed by atoms with Gasteiger partial charge in [0.05, 0.1) is 6.10 Å². The van der Waals surface area contributed by atoms with E-state index in [0.29, 0.717) is 5.69 Å². The first-order valence-corrected chi connectivity index (χ1v) is 5.73. The largest absolute Gasteiger partial charge is 0.460 e. The van der Waals surface area contributed by atoms with Crippen LogP contribution in [0.4, 0.5) is 5.69 Å². The van der Waals surface area contributed by atoms with Crippen molar-refractivity contribution in [2.45, 2.75) is 26.9 Å². The van der Waals surface area contributed by atoms with Crippen molar-refractivity contribution in [1.29, 1.82) is 0 Å². The molecule has 0 saturated heterocycles.